The van der Waals surface area contributed by atoms with Gasteiger partial charge >= 0.3 is 11.9 Å². The summed E-state index contributed by atoms with van der Waals surface area (Å²) in [6, 6.07) is 5.17. The Morgan fingerprint density at radius 3 is 2.18 bits per heavy atom. The molecule has 9 heteroatoms. The van der Waals surface area contributed by atoms with Crippen molar-refractivity contribution in [2.75, 3.05) is 6.61 Å². The van der Waals surface area contributed by atoms with E-state index in [0.29, 0.717) is 0 Å². The second-order valence-electron chi connectivity index (χ2n) is 4.41. The van der Waals surface area contributed by atoms with E-state index in [-0.39, 0.29) is 5.56 Å². The molecule has 0 amide bonds. The van der Waals surface area contributed by atoms with Crippen molar-refractivity contribution in [3.63, 3.8) is 0 Å². The Morgan fingerprint density at radius 1 is 1.09 bits per heavy atom. The molecule has 0 bridgehead atoms. The van der Waals surface area contributed by atoms with Crippen molar-refractivity contribution < 1.29 is 45.0 Å². The molecule has 0 saturated heterocycles. The molecule has 9 nitrogen and oxygen atoms in total. The number of carbonyl (C=O) groups is 2. The zero-order chi connectivity index (χ0) is 16.9. The molecule has 0 aliphatic heterocycles. The average molecular weight is 316 g/mol. The fourth-order valence-corrected chi connectivity index (χ4v) is 1.61. The monoisotopic (exact) mass is 316 g/mol. The highest BCUT2D eigenvalue weighted by Gasteiger charge is 2.38. The molecule has 1 aromatic carbocycles. The van der Waals surface area contributed by atoms with Gasteiger partial charge in [0.1, 0.15) is 29.6 Å². The number of phenols is 1. The summed E-state index contributed by atoms with van der Waals surface area (Å²) in [4.78, 5) is 22.8. The number of aliphatic hydroxyl groups excluding tert-OH is 4. The van der Waals surface area contributed by atoms with Crippen LogP contribution in [0.15, 0.2) is 24.3 Å². The normalized spacial score (nSPS) is 16.4. The maximum Gasteiger partial charge on any atom is 0.347 e. The third-order valence-electron chi connectivity index (χ3n) is 2.84. The summed E-state index contributed by atoms with van der Waals surface area (Å²) in [5.74, 6) is -3.47. The van der Waals surface area contributed by atoms with Gasteiger partial charge in [-0.05, 0) is 12.1 Å². The standard InChI is InChI=1S/C13H16O9/c14-5-8(16)9(17)10(18)11(12(19)20)22-13(21)6-3-1-2-4-7(6)15/h1-4,8-11,14-18H,5H2,(H,19,20)/t8-,9-,10+,11-/m1/s1. The van der Waals surface area contributed by atoms with Crippen LogP contribution in [0.25, 0.3) is 0 Å². The molecule has 22 heavy (non-hydrogen) atoms. The van der Waals surface area contributed by atoms with E-state index in [1.165, 1.54) is 24.3 Å². The summed E-state index contributed by atoms with van der Waals surface area (Å²) < 4.78 is 4.56. The van der Waals surface area contributed by atoms with Crippen molar-refractivity contribution in [1.82, 2.24) is 0 Å². The number of carboxylic acids is 1. The molecule has 0 saturated carbocycles. The SMILES string of the molecule is O=C(O[C@@H](C(=O)O)[C@@H](O)[C@H](O)[C@H](O)CO)c1ccccc1O. The quantitative estimate of drug-likeness (QED) is 0.314. The summed E-state index contributed by atoms with van der Waals surface area (Å²) in [6.07, 6.45) is -8.26. The average Bonchev–Trinajstić information content (AvgIpc) is 2.50. The summed E-state index contributed by atoms with van der Waals surface area (Å²) in [6.45, 7) is -0.933. The van der Waals surface area contributed by atoms with E-state index in [0.717, 1.165) is 0 Å². The van der Waals surface area contributed by atoms with Crippen LogP contribution in [0.5, 0.6) is 5.75 Å². The molecule has 122 valence electrons. The van der Waals surface area contributed by atoms with Crippen LogP contribution in [0.2, 0.25) is 0 Å². The molecule has 1 rings (SSSR count). The first-order chi connectivity index (χ1) is 10.3. The number of phenolic OH excluding ortho intramolecular Hbond substituents is 1. The minimum atomic E-state index is -2.21. The maximum absolute atomic E-state index is 11.8. The van der Waals surface area contributed by atoms with Gasteiger partial charge in [-0.15, -0.1) is 0 Å². The number of ether oxygens (including phenoxy) is 1. The predicted molar refractivity (Wildman–Crippen MR) is 70.1 cm³/mol. The van der Waals surface area contributed by atoms with Crippen LogP contribution in [0.3, 0.4) is 0 Å². The van der Waals surface area contributed by atoms with Gasteiger partial charge in [0.2, 0.25) is 6.10 Å². The van der Waals surface area contributed by atoms with Gasteiger partial charge in [0.25, 0.3) is 0 Å². The summed E-state index contributed by atoms with van der Waals surface area (Å²) in [5.41, 5.74) is -0.335. The molecule has 0 aliphatic rings. The van der Waals surface area contributed by atoms with Gasteiger partial charge in [-0.25, -0.2) is 9.59 Å². The number of carbonyl (C=O) groups excluding carboxylic acids is 1. The number of aliphatic hydroxyl groups is 4. The van der Waals surface area contributed by atoms with Crippen LogP contribution in [0.1, 0.15) is 10.4 Å². The molecule has 0 aliphatic carbocycles. The third kappa shape index (κ3) is 4.15. The summed E-state index contributed by atoms with van der Waals surface area (Å²) in [5, 5.41) is 55.4. The van der Waals surface area contributed by atoms with Gasteiger partial charge in [0, 0.05) is 0 Å². The Balaban J connectivity index is 2.91. The van der Waals surface area contributed by atoms with Crippen molar-refractivity contribution in [1.29, 1.82) is 0 Å². The first-order valence-electron chi connectivity index (χ1n) is 6.16. The summed E-state index contributed by atoms with van der Waals surface area (Å²) >= 11 is 0. The number of hydrogen-bond donors (Lipinski definition) is 6. The third-order valence-corrected chi connectivity index (χ3v) is 2.84. The lowest BCUT2D eigenvalue weighted by Crippen LogP contribution is -2.50. The topological polar surface area (TPSA) is 165 Å². The van der Waals surface area contributed by atoms with Crippen molar-refractivity contribution in [2.24, 2.45) is 0 Å². The molecule has 6 N–H and O–H groups in total. The second-order valence-corrected chi connectivity index (χ2v) is 4.41. The van der Waals surface area contributed by atoms with Crippen LogP contribution in [-0.4, -0.2) is 73.6 Å². The van der Waals surface area contributed by atoms with E-state index < -0.39 is 48.7 Å². The largest absolute Gasteiger partial charge is 0.507 e. The van der Waals surface area contributed by atoms with Crippen LogP contribution >= 0.6 is 0 Å². The highest BCUT2D eigenvalue weighted by Crippen LogP contribution is 2.19. The smallest absolute Gasteiger partial charge is 0.347 e. The number of hydrogen-bond acceptors (Lipinski definition) is 8. The molecule has 0 radical (unpaired) electrons. The minimum Gasteiger partial charge on any atom is -0.507 e. The molecular formula is C13H16O9. The highest BCUT2D eigenvalue weighted by molar-refractivity contribution is 5.93. The lowest BCUT2D eigenvalue weighted by molar-refractivity contribution is -0.165. The first-order valence-corrected chi connectivity index (χ1v) is 6.16. The van der Waals surface area contributed by atoms with E-state index in [2.05, 4.69) is 4.74 Å². The molecule has 4 atom stereocenters. The molecular weight excluding hydrogens is 300 g/mol. The van der Waals surface area contributed by atoms with Crippen molar-refractivity contribution in [3.8, 4) is 5.75 Å². The first kappa shape index (κ1) is 17.9. The van der Waals surface area contributed by atoms with E-state index in [1.807, 2.05) is 0 Å². The minimum absolute atomic E-state index is 0.335. The number of rotatable bonds is 7. The fraction of sp³-hybridized carbons (Fsp3) is 0.385. The highest BCUT2D eigenvalue weighted by atomic mass is 16.6. The van der Waals surface area contributed by atoms with Crippen LogP contribution in [0.4, 0.5) is 0 Å². The molecule has 0 heterocycles. The van der Waals surface area contributed by atoms with Crippen LogP contribution in [-0.2, 0) is 9.53 Å². The number of benzene rings is 1. The zero-order valence-electron chi connectivity index (χ0n) is 11.2. The number of aliphatic carboxylic acids is 1. The van der Waals surface area contributed by atoms with Gasteiger partial charge in [-0.3, -0.25) is 0 Å². The van der Waals surface area contributed by atoms with Crippen molar-refractivity contribution in [2.45, 2.75) is 24.4 Å². The molecule has 0 aromatic heterocycles. The van der Waals surface area contributed by atoms with Gasteiger partial charge in [-0.1, -0.05) is 12.1 Å². The second kappa shape index (κ2) is 7.71. The van der Waals surface area contributed by atoms with Gasteiger partial charge < -0.3 is 35.4 Å². The molecule has 0 spiro atoms. The number of carboxylic acid groups (broad SMARTS) is 1. The predicted octanol–water partition coefficient (Wildman–Crippen LogP) is -1.92. The van der Waals surface area contributed by atoms with Gasteiger partial charge in [0.15, 0.2) is 0 Å². The Bertz CT molecular complexity index is 530. The van der Waals surface area contributed by atoms with E-state index in [1.54, 1.807) is 0 Å². The van der Waals surface area contributed by atoms with Gasteiger partial charge in [0.05, 0.1) is 6.61 Å². The van der Waals surface area contributed by atoms with E-state index in [9.17, 15) is 30.0 Å². The van der Waals surface area contributed by atoms with Crippen LogP contribution in [0, 0.1) is 0 Å². The maximum atomic E-state index is 11.8. The fourth-order valence-electron chi connectivity index (χ4n) is 1.61. The lowest BCUT2D eigenvalue weighted by Gasteiger charge is -2.26. The van der Waals surface area contributed by atoms with Crippen LogP contribution < -0.4 is 0 Å². The number of para-hydroxylation sites is 1. The molecule has 1 aromatic rings. The van der Waals surface area contributed by atoms with Gasteiger partial charge in [-0.2, -0.15) is 0 Å². The van der Waals surface area contributed by atoms with Crippen molar-refractivity contribution in [3.05, 3.63) is 29.8 Å². The number of esters is 1. The Hall–Kier alpha value is -2.20. The zero-order valence-corrected chi connectivity index (χ0v) is 11.2. The number of aromatic hydroxyl groups is 1. The Labute approximate surface area is 124 Å². The molecule has 0 fully saturated rings. The van der Waals surface area contributed by atoms with E-state index in [4.69, 9.17) is 10.2 Å². The van der Waals surface area contributed by atoms with E-state index >= 15 is 0 Å². The van der Waals surface area contributed by atoms with Crippen molar-refractivity contribution >= 4 is 11.9 Å². The Kier molecular flexibility index (Phi) is 6.25. The molecule has 0 unspecified atom stereocenters. The Morgan fingerprint density at radius 2 is 1.68 bits per heavy atom. The lowest BCUT2D eigenvalue weighted by atomic mass is 10.0. The summed E-state index contributed by atoms with van der Waals surface area (Å²) in [7, 11) is 0.